The first kappa shape index (κ1) is 16.8. The molecule has 1 aromatic carbocycles. The van der Waals surface area contributed by atoms with E-state index in [0.717, 1.165) is 32.4 Å². The molecule has 1 N–H and O–H groups in total. The van der Waals surface area contributed by atoms with Crippen molar-refractivity contribution in [3.05, 3.63) is 34.9 Å². The number of rotatable bonds is 5. The fourth-order valence-electron chi connectivity index (χ4n) is 3.41. The zero-order chi connectivity index (χ0) is 16.2. The highest BCUT2D eigenvalue weighted by atomic mass is 35.5. The summed E-state index contributed by atoms with van der Waals surface area (Å²) in [7, 11) is 0. The van der Waals surface area contributed by atoms with Crippen LogP contribution >= 0.6 is 23.4 Å². The average molecular weight is 353 g/mol. The molecule has 2 aliphatic rings. The Kier molecular flexibility index (Phi) is 5.62. The fourth-order valence-corrected chi connectivity index (χ4v) is 4.32. The molecule has 2 atom stereocenters. The Balaban J connectivity index is 1.49. The number of Topliss-reactive ketones (excluding diaryl/α,β-unsaturated/α-hetero) is 1. The summed E-state index contributed by atoms with van der Waals surface area (Å²) < 4.78 is 0. The van der Waals surface area contributed by atoms with E-state index >= 15 is 0 Å². The topological polar surface area (TPSA) is 49.4 Å². The molecule has 3 rings (SSSR count). The number of hydrogen-bond donors (Lipinski definition) is 1. The van der Waals surface area contributed by atoms with Gasteiger partial charge in [-0.15, -0.1) is 11.8 Å². The molecule has 0 aliphatic carbocycles. The van der Waals surface area contributed by atoms with Gasteiger partial charge in [-0.1, -0.05) is 11.6 Å². The van der Waals surface area contributed by atoms with Gasteiger partial charge in [-0.05, 0) is 50.1 Å². The number of ketones is 1. The summed E-state index contributed by atoms with van der Waals surface area (Å²) in [6, 6.07) is 7.61. The van der Waals surface area contributed by atoms with Crippen molar-refractivity contribution >= 4 is 35.1 Å². The summed E-state index contributed by atoms with van der Waals surface area (Å²) in [5.41, 5.74) is 0.647. The minimum atomic E-state index is 0.0416. The van der Waals surface area contributed by atoms with Gasteiger partial charge in [0, 0.05) is 29.2 Å². The lowest BCUT2D eigenvalue weighted by Gasteiger charge is -2.27. The number of halogens is 1. The van der Waals surface area contributed by atoms with E-state index in [-0.39, 0.29) is 11.7 Å². The predicted molar refractivity (Wildman–Crippen MR) is 94.3 cm³/mol. The van der Waals surface area contributed by atoms with Crippen molar-refractivity contribution in [3.8, 4) is 0 Å². The maximum atomic E-state index is 12.5. The molecule has 2 saturated heterocycles. The van der Waals surface area contributed by atoms with E-state index in [1.165, 1.54) is 11.8 Å². The third-order valence-electron chi connectivity index (χ3n) is 4.57. The van der Waals surface area contributed by atoms with E-state index < -0.39 is 0 Å². The molecule has 0 saturated carbocycles. The number of thioether (sulfide) groups is 1. The normalized spacial score (nSPS) is 23.6. The summed E-state index contributed by atoms with van der Waals surface area (Å²) in [6.45, 7) is 1.89. The third kappa shape index (κ3) is 4.08. The van der Waals surface area contributed by atoms with Gasteiger partial charge in [0.05, 0.1) is 11.5 Å². The Labute approximate surface area is 145 Å². The van der Waals surface area contributed by atoms with Gasteiger partial charge in [0.2, 0.25) is 5.91 Å². The third-order valence-corrected chi connectivity index (χ3v) is 5.74. The monoisotopic (exact) mass is 352 g/mol. The molecule has 23 heavy (non-hydrogen) atoms. The van der Waals surface area contributed by atoms with Crippen LogP contribution in [0.4, 0.5) is 0 Å². The number of carbonyl (C=O) groups is 2. The van der Waals surface area contributed by atoms with E-state index in [2.05, 4.69) is 10.2 Å². The molecule has 0 radical (unpaired) electrons. The Morgan fingerprint density at radius 2 is 1.87 bits per heavy atom. The first-order chi connectivity index (χ1) is 11.1. The lowest BCUT2D eigenvalue weighted by atomic mass is 10.1. The molecule has 2 fully saturated rings. The van der Waals surface area contributed by atoms with Crippen molar-refractivity contribution in [2.75, 3.05) is 24.6 Å². The van der Waals surface area contributed by atoms with Crippen LogP contribution in [0.5, 0.6) is 0 Å². The van der Waals surface area contributed by atoms with Gasteiger partial charge in [-0.2, -0.15) is 0 Å². The average Bonchev–Trinajstić information content (AvgIpc) is 2.80. The number of benzene rings is 1. The zero-order valence-electron chi connectivity index (χ0n) is 13.0. The maximum Gasteiger partial charge on any atom is 0.233 e. The molecule has 2 heterocycles. The van der Waals surface area contributed by atoms with Crippen LogP contribution in [0.1, 0.15) is 29.6 Å². The summed E-state index contributed by atoms with van der Waals surface area (Å²) in [5.74, 6) is 0.927. The van der Waals surface area contributed by atoms with E-state index in [9.17, 15) is 9.59 Å². The number of nitrogens with zero attached hydrogens (tertiary/aromatic N) is 1. The standard InChI is InChI=1S/C17H21ClN2O2S/c18-13-3-1-12(2-4-13)16(21)10-23-11-17(22)20-14-5-6-15(20)9-19-8-7-14/h1-4,14-15,19H,5-11H2. The van der Waals surface area contributed by atoms with Crippen LogP contribution in [0.3, 0.4) is 0 Å². The van der Waals surface area contributed by atoms with Crippen LogP contribution in [0, 0.1) is 0 Å². The van der Waals surface area contributed by atoms with Crippen molar-refractivity contribution in [1.82, 2.24) is 10.2 Å². The van der Waals surface area contributed by atoms with Crippen LogP contribution in [-0.4, -0.2) is 53.3 Å². The van der Waals surface area contributed by atoms with Gasteiger partial charge in [0.1, 0.15) is 0 Å². The van der Waals surface area contributed by atoms with Crippen molar-refractivity contribution < 1.29 is 9.59 Å². The zero-order valence-corrected chi connectivity index (χ0v) is 14.5. The lowest BCUT2D eigenvalue weighted by molar-refractivity contribution is -0.130. The smallest absolute Gasteiger partial charge is 0.233 e. The van der Waals surface area contributed by atoms with Crippen molar-refractivity contribution in [3.63, 3.8) is 0 Å². The van der Waals surface area contributed by atoms with Gasteiger partial charge in [-0.25, -0.2) is 0 Å². The molecule has 4 nitrogen and oxygen atoms in total. The molecule has 2 unspecified atom stereocenters. The summed E-state index contributed by atoms with van der Waals surface area (Å²) in [6.07, 6.45) is 3.25. The van der Waals surface area contributed by atoms with E-state index in [0.29, 0.717) is 34.2 Å². The highest BCUT2D eigenvalue weighted by molar-refractivity contribution is 8.00. The van der Waals surface area contributed by atoms with E-state index in [1.54, 1.807) is 24.3 Å². The number of amides is 1. The number of fused-ring (bicyclic) bond motifs is 2. The van der Waals surface area contributed by atoms with Crippen LogP contribution in [0.15, 0.2) is 24.3 Å². The minimum Gasteiger partial charge on any atom is -0.335 e. The van der Waals surface area contributed by atoms with Crippen LogP contribution in [-0.2, 0) is 4.79 Å². The van der Waals surface area contributed by atoms with Crippen molar-refractivity contribution in [2.24, 2.45) is 0 Å². The first-order valence-electron chi connectivity index (χ1n) is 8.03. The highest BCUT2D eigenvalue weighted by Crippen LogP contribution is 2.28. The number of nitrogens with one attached hydrogen (secondary N) is 1. The fraction of sp³-hybridized carbons (Fsp3) is 0.529. The molecular weight excluding hydrogens is 332 g/mol. The van der Waals surface area contributed by atoms with Gasteiger partial charge in [-0.3, -0.25) is 9.59 Å². The highest BCUT2D eigenvalue weighted by Gasteiger charge is 2.37. The second kappa shape index (κ2) is 7.69. The summed E-state index contributed by atoms with van der Waals surface area (Å²) in [5, 5.41) is 4.02. The van der Waals surface area contributed by atoms with Gasteiger partial charge in [0.25, 0.3) is 0 Å². The molecule has 2 aliphatic heterocycles. The number of carbonyl (C=O) groups excluding carboxylic acids is 2. The Morgan fingerprint density at radius 3 is 2.65 bits per heavy atom. The molecule has 0 spiro atoms. The molecule has 124 valence electrons. The Morgan fingerprint density at radius 1 is 1.13 bits per heavy atom. The van der Waals surface area contributed by atoms with Gasteiger partial charge >= 0.3 is 0 Å². The molecule has 1 amide bonds. The number of hydrogen-bond acceptors (Lipinski definition) is 4. The molecular formula is C17H21ClN2O2S. The first-order valence-corrected chi connectivity index (χ1v) is 9.57. The SMILES string of the molecule is O=C(CSCC(=O)N1C2CCNCC1CC2)c1ccc(Cl)cc1. The lowest BCUT2D eigenvalue weighted by Crippen LogP contribution is -2.43. The minimum absolute atomic E-state index is 0.0416. The Hall–Kier alpha value is -1.04. The predicted octanol–water partition coefficient (Wildman–Crippen LogP) is 2.61. The van der Waals surface area contributed by atoms with Gasteiger partial charge in [0.15, 0.2) is 5.78 Å². The molecule has 1 aromatic rings. The Bertz CT molecular complexity index is 564. The quantitative estimate of drug-likeness (QED) is 0.827. The van der Waals surface area contributed by atoms with Crippen LogP contribution < -0.4 is 5.32 Å². The molecule has 2 bridgehead atoms. The molecule has 0 aromatic heterocycles. The summed E-state index contributed by atoms with van der Waals surface area (Å²) in [4.78, 5) is 26.7. The van der Waals surface area contributed by atoms with E-state index in [4.69, 9.17) is 11.6 Å². The molecule has 6 heteroatoms. The van der Waals surface area contributed by atoms with Crippen molar-refractivity contribution in [2.45, 2.75) is 31.3 Å². The summed E-state index contributed by atoms with van der Waals surface area (Å²) >= 11 is 7.23. The van der Waals surface area contributed by atoms with Gasteiger partial charge < -0.3 is 10.2 Å². The van der Waals surface area contributed by atoms with Crippen LogP contribution in [0.2, 0.25) is 5.02 Å². The van der Waals surface area contributed by atoms with Crippen molar-refractivity contribution in [1.29, 1.82) is 0 Å². The van der Waals surface area contributed by atoms with E-state index in [1.807, 2.05) is 0 Å². The van der Waals surface area contributed by atoms with Crippen LogP contribution in [0.25, 0.3) is 0 Å². The second-order valence-corrected chi connectivity index (χ2v) is 7.52. The maximum absolute atomic E-state index is 12.5. The second-order valence-electron chi connectivity index (χ2n) is 6.10. The largest absolute Gasteiger partial charge is 0.335 e.